The smallest absolute Gasteiger partial charge is 0.255 e. The first kappa shape index (κ1) is 14.5. The third kappa shape index (κ3) is 3.43. The van der Waals surface area contributed by atoms with Crippen molar-refractivity contribution in [1.29, 1.82) is 0 Å². The number of likely N-dealkylation sites (N-methyl/N-ethyl adjacent to an activating group) is 1. The van der Waals surface area contributed by atoms with Gasteiger partial charge in [0.05, 0.1) is 0 Å². The summed E-state index contributed by atoms with van der Waals surface area (Å²) in [6.45, 7) is 4.25. The number of carbonyl (C=O) groups excluding carboxylic acids is 1. The van der Waals surface area contributed by atoms with Crippen molar-refractivity contribution in [2.45, 2.75) is 0 Å². The average molecular weight is 296 g/mol. The van der Waals surface area contributed by atoms with Gasteiger partial charge < -0.3 is 15.1 Å². The van der Waals surface area contributed by atoms with Gasteiger partial charge in [0.1, 0.15) is 0 Å². The molecular formula is C17H20N4O. The molecule has 1 N–H and O–H groups in total. The molecule has 1 aromatic carbocycles. The van der Waals surface area contributed by atoms with Crippen LogP contribution in [0.3, 0.4) is 0 Å². The molecule has 114 valence electrons. The van der Waals surface area contributed by atoms with Gasteiger partial charge in [-0.25, -0.2) is 0 Å². The monoisotopic (exact) mass is 296 g/mol. The lowest BCUT2D eigenvalue weighted by Gasteiger charge is -2.34. The van der Waals surface area contributed by atoms with E-state index in [2.05, 4.69) is 39.3 Å². The number of piperazine rings is 1. The van der Waals surface area contributed by atoms with Crippen LogP contribution in [0.15, 0.2) is 48.8 Å². The Balaban J connectivity index is 1.63. The van der Waals surface area contributed by atoms with E-state index in [4.69, 9.17) is 0 Å². The highest BCUT2D eigenvalue weighted by atomic mass is 16.1. The van der Waals surface area contributed by atoms with Crippen LogP contribution in [0.5, 0.6) is 0 Å². The van der Waals surface area contributed by atoms with Crippen LogP contribution in [0.4, 0.5) is 11.4 Å². The van der Waals surface area contributed by atoms with Gasteiger partial charge >= 0.3 is 0 Å². The fourth-order valence-electron chi connectivity index (χ4n) is 2.53. The van der Waals surface area contributed by atoms with Crippen molar-refractivity contribution in [3.8, 4) is 0 Å². The maximum absolute atomic E-state index is 12.1. The normalized spacial score (nSPS) is 15.6. The number of hydrogen-bond acceptors (Lipinski definition) is 4. The van der Waals surface area contributed by atoms with Gasteiger partial charge in [-0.15, -0.1) is 0 Å². The Kier molecular flexibility index (Phi) is 4.34. The van der Waals surface area contributed by atoms with Gasteiger partial charge in [0, 0.05) is 55.5 Å². The summed E-state index contributed by atoms with van der Waals surface area (Å²) in [5.74, 6) is -0.116. The first-order valence-electron chi connectivity index (χ1n) is 7.47. The Bertz CT molecular complexity index is 619. The highest BCUT2D eigenvalue weighted by Gasteiger charge is 2.14. The summed E-state index contributed by atoms with van der Waals surface area (Å²) in [5.41, 5.74) is 2.62. The first-order chi connectivity index (χ1) is 10.7. The predicted molar refractivity (Wildman–Crippen MR) is 88.3 cm³/mol. The molecule has 5 nitrogen and oxygen atoms in total. The minimum atomic E-state index is -0.116. The Morgan fingerprint density at radius 3 is 2.27 bits per heavy atom. The molecular weight excluding hydrogens is 276 g/mol. The summed E-state index contributed by atoms with van der Waals surface area (Å²) in [6.07, 6.45) is 3.23. The molecule has 22 heavy (non-hydrogen) atoms. The molecule has 0 radical (unpaired) electrons. The molecule has 3 rings (SSSR count). The molecule has 0 aliphatic carbocycles. The maximum Gasteiger partial charge on any atom is 0.255 e. The van der Waals surface area contributed by atoms with Gasteiger partial charge in [-0.05, 0) is 43.4 Å². The quantitative estimate of drug-likeness (QED) is 0.942. The van der Waals surface area contributed by atoms with Crippen LogP contribution in [-0.4, -0.2) is 49.0 Å². The molecule has 0 bridgehead atoms. The van der Waals surface area contributed by atoms with Gasteiger partial charge in [-0.2, -0.15) is 0 Å². The van der Waals surface area contributed by atoms with Crippen molar-refractivity contribution in [2.75, 3.05) is 43.4 Å². The summed E-state index contributed by atoms with van der Waals surface area (Å²) >= 11 is 0. The van der Waals surface area contributed by atoms with E-state index in [1.54, 1.807) is 24.5 Å². The fourth-order valence-corrected chi connectivity index (χ4v) is 2.53. The average Bonchev–Trinajstić information content (AvgIpc) is 2.57. The highest BCUT2D eigenvalue weighted by molar-refractivity contribution is 6.04. The lowest BCUT2D eigenvalue weighted by Crippen LogP contribution is -2.44. The molecule has 0 unspecified atom stereocenters. The van der Waals surface area contributed by atoms with Crippen LogP contribution in [0.2, 0.25) is 0 Å². The van der Waals surface area contributed by atoms with E-state index in [1.165, 1.54) is 5.69 Å². The van der Waals surface area contributed by atoms with Crippen LogP contribution < -0.4 is 10.2 Å². The number of hydrogen-bond donors (Lipinski definition) is 1. The Morgan fingerprint density at radius 1 is 1.00 bits per heavy atom. The van der Waals surface area contributed by atoms with E-state index < -0.39 is 0 Å². The molecule has 2 aromatic rings. The summed E-state index contributed by atoms with van der Waals surface area (Å²) in [7, 11) is 2.15. The van der Waals surface area contributed by atoms with E-state index in [1.807, 2.05) is 12.1 Å². The van der Waals surface area contributed by atoms with Crippen molar-refractivity contribution >= 4 is 17.3 Å². The topological polar surface area (TPSA) is 48.5 Å². The second kappa shape index (κ2) is 6.58. The summed E-state index contributed by atoms with van der Waals surface area (Å²) in [4.78, 5) is 20.7. The molecule has 1 aliphatic heterocycles. The number of nitrogens with zero attached hydrogens (tertiary/aromatic N) is 3. The minimum Gasteiger partial charge on any atom is -0.369 e. The molecule has 1 aromatic heterocycles. The highest BCUT2D eigenvalue weighted by Crippen LogP contribution is 2.19. The van der Waals surface area contributed by atoms with Crippen LogP contribution >= 0.6 is 0 Å². The van der Waals surface area contributed by atoms with Crippen molar-refractivity contribution in [3.05, 3.63) is 54.4 Å². The van der Waals surface area contributed by atoms with E-state index in [0.717, 1.165) is 31.9 Å². The van der Waals surface area contributed by atoms with E-state index in [0.29, 0.717) is 5.56 Å². The standard InChI is InChI=1S/C17H20N4O/c1-20-10-12-21(13-11-20)16-4-2-15(3-5-16)19-17(22)14-6-8-18-9-7-14/h2-9H,10-13H2,1H3,(H,19,22). The third-order valence-corrected chi connectivity index (χ3v) is 3.94. The van der Waals surface area contributed by atoms with Gasteiger partial charge in [0.25, 0.3) is 5.91 Å². The Morgan fingerprint density at radius 2 is 1.64 bits per heavy atom. The van der Waals surface area contributed by atoms with Crippen molar-refractivity contribution < 1.29 is 4.79 Å². The molecule has 0 atom stereocenters. The second-order valence-electron chi connectivity index (χ2n) is 5.53. The molecule has 1 amide bonds. The number of pyridine rings is 1. The molecule has 0 saturated carbocycles. The predicted octanol–water partition coefficient (Wildman–Crippen LogP) is 2.09. The zero-order valence-electron chi connectivity index (χ0n) is 12.7. The van der Waals surface area contributed by atoms with E-state index in [9.17, 15) is 4.79 Å². The Hall–Kier alpha value is -2.40. The van der Waals surface area contributed by atoms with Gasteiger partial charge in [0.15, 0.2) is 0 Å². The van der Waals surface area contributed by atoms with Crippen LogP contribution in [0.1, 0.15) is 10.4 Å². The summed E-state index contributed by atoms with van der Waals surface area (Å²) in [5, 5.41) is 2.90. The van der Waals surface area contributed by atoms with Crippen molar-refractivity contribution in [3.63, 3.8) is 0 Å². The molecule has 5 heteroatoms. The number of benzene rings is 1. The number of rotatable bonds is 3. The number of anilines is 2. The number of amides is 1. The summed E-state index contributed by atoms with van der Waals surface area (Å²) < 4.78 is 0. The lowest BCUT2D eigenvalue weighted by atomic mass is 10.2. The molecule has 0 spiro atoms. The second-order valence-corrected chi connectivity index (χ2v) is 5.53. The lowest BCUT2D eigenvalue weighted by molar-refractivity contribution is 0.102. The zero-order chi connectivity index (χ0) is 15.4. The number of carbonyl (C=O) groups is 1. The maximum atomic E-state index is 12.1. The van der Waals surface area contributed by atoms with Gasteiger partial charge in [0.2, 0.25) is 0 Å². The van der Waals surface area contributed by atoms with Crippen molar-refractivity contribution in [1.82, 2.24) is 9.88 Å². The molecule has 1 aliphatic rings. The molecule has 1 saturated heterocycles. The van der Waals surface area contributed by atoms with Crippen molar-refractivity contribution in [2.24, 2.45) is 0 Å². The SMILES string of the molecule is CN1CCN(c2ccc(NC(=O)c3ccncc3)cc2)CC1. The first-order valence-corrected chi connectivity index (χ1v) is 7.47. The largest absolute Gasteiger partial charge is 0.369 e. The van der Waals surface area contributed by atoms with Gasteiger partial charge in [-0.1, -0.05) is 0 Å². The molecule has 2 heterocycles. The van der Waals surface area contributed by atoms with E-state index in [-0.39, 0.29) is 5.91 Å². The fraction of sp³-hybridized carbons (Fsp3) is 0.294. The van der Waals surface area contributed by atoms with Crippen LogP contribution in [-0.2, 0) is 0 Å². The molecule has 1 fully saturated rings. The number of aromatic nitrogens is 1. The van der Waals surface area contributed by atoms with E-state index >= 15 is 0 Å². The Labute approximate surface area is 130 Å². The summed E-state index contributed by atoms with van der Waals surface area (Å²) in [6, 6.07) is 11.4. The number of nitrogens with one attached hydrogen (secondary N) is 1. The van der Waals surface area contributed by atoms with Crippen LogP contribution in [0, 0.1) is 0 Å². The third-order valence-electron chi connectivity index (χ3n) is 3.94. The van der Waals surface area contributed by atoms with Gasteiger partial charge in [-0.3, -0.25) is 9.78 Å². The minimum absolute atomic E-state index is 0.116. The zero-order valence-corrected chi connectivity index (χ0v) is 12.7. The van der Waals surface area contributed by atoms with Crippen LogP contribution in [0.25, 0.3) is 0 Å².